The van der Waals surface area contributed by atoms with E-state index in [-0.39, 0.29) is 17.9 Å². The summed E-state index contributed by atoms with van der Waals surface area (Å²) in [5, 5.41) is 0. The molecule has 1 aromatic rings. The Morgan fingerprint density at radius 2 is 1.79 bits per heavy atom. The van der Waals surface area contributed by atoms with Gasteiger partial charge in [-0.1, -0.05) is 19.1 Å². The van der Waals surface area contributed by atoms with E-state index >= 15 is 0 Å². The highest BCUT2D eigenvalue weighted by Crippen LogP contribution is 2.27. The monoisotopic (exact) mass is 330 g/mol. The summed E-state index contributed by atoms with van der Waals surface area (Å²) in [4.78, 5) is 29.5. The summed E-state index contributed by atoms with van der Waals surface area (Å²) in [6, 6.07) is 6.90. The van der Waals surface area contributed by atoms with Crippen LogP contribution >= 0.6 is 0 Å². The van der Waals surface area contributed by atoms with Gasteiger partial charge in [0.05, 0.1) is 12.7 Å². The number of amides is 2. The molecule has 0 N–H and O–H groups in total. The van der Waals surface area contributed by atoms with Crippen LogP contribution in [0.2, 0.25) is 0 Å². The Hall–Kier alpha value is -2.04. The highest BCUT2D eigenvalue weighted by atomic mass is 16.5. The number of hydrogen-bond donors (Lipinski definition) is 0. The second kappa shape index (κ2) is 7.24. The zero-order chi connectivity index (χ0) is 17.1. The Bertz CT molecular complexity index is 608. The molecule has 0 aromatic heterocycles. The van der Waals surface area contributed by atoms with Gasteiger partial charge in [-0.3, -0.25) is 9.59 Å². The molecule has 2 amide bonds. The molecular weight excluding hydrogens is 304 g/mol. The van der Waals surface area contributed by atoms with Crippen molar-refractivity contribution in [3.05, 3.63) is 29.8 Å². The molecule has 1 atom stereocenters. The fraction of sp³-hybridized carbons (Fsp3) is 0.579. The van der Waals surface area contributed by atoms with Crippen LogP contribution < -0.4 is 4.74 Å². The Kier molecular flexibility index (Phi) is 5.07. The van der Waals surface area contributed by atoms with Gasteiger partial charge in [-0.2, -0.15) is 0 Å². The van der Waals surface area contributed by atoms with Crippen LogP contribution in [-0.4, -0.2) is 54.4 Å². The lowest BCUT2D eigenvalue weighted by Gasteiger charge is -2.34. The molecule has 130 valence electrons. The highest BCUT2D eigenvalue weighted by molar-refractivity contribution is 6.00. The lowest BCUT2D eigenvalue weighted by Crippen LogP contribution is -2.49. The van der Waals surface area contributed by atoms with Gasteiger partial charge in [0.15, 0.2) is 0 Å². The van der Waals surface area contributed by atoms with E-state index in [9.17, 15) is 9.59 Å². The smallest absolute Gasteiger partial charge is 0.258 e. The number of hydrogen-bond acceptors (Lipinski definition) is 3. The van der Waals surface area contributed by atoms with Crippen LogP contribution in [0.25, 0.3) is 0 Å². The molecule has 2 aliphatic rings. The fourth-order valence-corrected chi connectivity index (χ4v) is 3.68. The van der Waals surface area contributed by atoms with Crippen LogP contribution in [0.1, 0.15) is 43.0 Å². The second-order valence-corrected chi connectivity index (χ2v) is 6.86. The molecule has 0 bridgehead atoms. The number of methoxy groups -OCH3 is 1. The van der Waals surface area contributed by atoms with Crippen molar-refractivity contribution in [1.82, 2.24) is 9.80 Å². The Morgan fingerprint density at radius 3 is 2.50 bits per heavy atom. The van der Waals surface area contributed by atoms with Crippen molar-refractivity contribution < 1.29 is 14.3 Å². The number of ether oxygens (including phenoxy) is 1. The molecule has 5 heteroatoms. The van der Waals surface area contributed by atoms with Gasteiger partial charge in [-0.25, -0.2) is 0 Å². The maximum Gasteiger partial charge on any atom is 0.258 e. The molecule has 2 fully saturated rings. The molecule has 3 rings (SSSR count). The predicted molar refractivity (Wildman–Crippen MR) is 92.0 cm³/mol. The maximum absolute atomic E-state index is 13.0. The van der Waals surface area contributed by atoms with Crippen LogP contribution in [-0.2, 0) is 4.79 Å². The lowest BCUT2D eigenvalue weighted by atomic mass is 9.98. The third-order valence-corrected chi connectivity index (χ3v) is 5.23. The standard InChI is InChI=1S/C19H26N2O3/c1-14-9-12-20(13-10-14)19(23)16-7-5-11-21(16)18(22)15-6-3-4-8-17(15)24-2/h3-4,6,8,14,16H,5,7,9-13H2,1-2H3/t16-/m0/s1. The average molecular weight is 330 g/mol. The first-order valence-electron chi connectivity index (χ1n) is 8.84. The SMILES string of the molecule is COc1ccccc1C(=O)N1CCC[C@H]1C(=O)N1CCC(C)CC1. The molecule has 5 nitrogen and oxygen atoms in total. The molecule has 0 spiro atoms. The summed E-state index contributed by atoms with van der Waals surface area (Å²) in [6.45, 7) is 4.49. The van der Waals surface area contributed by atoms with E-state index in [4.69, 9.17) is 4.74 Å². The second-order valence-electron chi connectivity index (χ2n) is 6.86. The van der Waals surface area contributed by atoms with Gasteiger partial charge in [-0.05, 0) is 43.7 Å². The Labute approximate surface area is 143 Å². The number of carbonyl (C=O) groups excluding carboxylic acids is 2. The summed E-state index contributed by atoms with van der Waals surface area (Å²) in [7, 11) is 1.56. The first-order chi connectivity index (χ1) is 11.6. The molecule has 0 radical (unpaired) electrons. The zero-order valence-corrected chi connectivity index (χ0v) is 14.5. The van der Waals surface area contributed by atoms with E-state index in [1.807, 2.05) is 17.0 Å². The molecule has 0 aliphatic carbocycles. The van der Waals surface area contributed by atoms with Crippen LogP contribution in [0.3, 0.4) is 0 Å². The van der Waals surface area contributed by atoms with Crippen LogP contribution in [0.4, 0.5) is 0 Å². The summed E-state index contributed by atoms with van der Waals surface area (Å²) in [6.07, 6.45) is 3.74. The minimum atomic E-state index is -0.323. The van der Waals surface area contributed by atoms with Crippen molar-refractivity contribution in [2.75, 3.05) is 26.7 Å². The van der Waals surface area contributed by atoms with Crippen LogP contribution in [0.5, 0.6) is 5.75 Å². The van der Waals surface area contributed by atoms with E-state index in [1.54, 1.807) is 24.1 Å². The van der Waals surface area contributed by atoms with Gasteiger partial charge >= 0.3 is 0 Å². The van der Waals surface area contributed by atoms with Gasteiger partial charge in [0.25, 0.3) is 5.91 Å². The number of benzene rings is 1. The van der Waals surface area contributed by atoms with Crippen molar-refractivity contribution in [1.29, 1.82) is 0 Å². The largest absolute Gasteiger partial charge is 0.496 e. The van der Waals surface area contributed by atoms with Crippen molar-refractivity contribution in [2.24, 2.45) is 5.92 Å². The molecule has 0 unspecified atom stereocenters. The van der Waals surface area contributed by atoms with Crippen molar-refractivity contribution in [3.63, 3.8) is 0 Å². The fourth-order valence-electron chi connectivity index (χ4n) is 3.68. The quantitative estimate of drug-likeness (QED) is 0.856. The molecule has 2 saturated heterocycles. The number of piperidine rings is 1. The van der Waals surface area contributed by atoms with Crippen molar-refractivity contribution >= 4 is 11.8 Å². The summed E-state index contributed by atoms with van der Waals surface area (Å²) < 4.78 is 5.31. The van der Waals surface area contributed by atoms with Crippen molar-refractivity contribution in [2.45, 2.75) is 38.6 Å². The average Bonchev–Trinajstić information content (AvgIpc) is 3.10. The van der Waals surface area contributed by atoms with Gasteiger partial charge in [0.1, 0.15) is 11.8 Å². The minimum absolute atomic E-state index is 0.103. The van der Waals surface area contributed by atoms with Crippen molar-refractivity contribution in [3.8, 4) is 5.75 Å². The first-order valence-corrected chi connectivity index (χ1v) is 8.84. The first kappa shape index (κ1) is 16.8. The van der Waals surface area contributed by atoms with Gasteiger partial charge < -0.3 is 14.5 Å². The van der Waals surface area contributed by atoms with E-state index in [1.165, 1.54) is 0 Å². The molecule has 24 heavy (non-hydrogen) atoms. The normalized spacial score (nSPS) is 21.8. The van der Waals surface area contributed by atoms with E-state index in [2.05, 4.69) is 6.92 Å². The number of likely N-dealkylation sites (tertiary alicyclic amines) is 2. The van der Waals surface area contributed by atoms with Gasteiger partial charge in [0.2, 0.25) is 5.91 Å². The summed E-state index contributed by atoms with van der Waals surface area (Å²) in [5.74, 6) is 1.26. The van der Waals surface area contributed by atoms with E-state index in [0.29, 0.717) is 23.8 Å². The Balaban J connectivity index is 1.75. The highest BCUT2D eigenvalue weighted by Gasteiger charge is 2.38. The van der Waals surface area contributed by atoms with Crippen LogP contribution in [0.15, 0.2) is 24.3 Å². The van der Waals surface area contributed by atoms with E-state index in [0.717, 1.165) is 38.8 Å². The zero-order valence-electron chi connectivity index (χ0n) is 14.5. The third kappa shape index (κ3) is 3.25. The predicted octanol–water partition coefficient (Wildman–Crippen LogP) is 2.56. The summed E-state index contributed by atoms with van der Waals surface area (Å²) in [5.41, 5.74) is 0.534. The molecule has 2 aliphatic heterocycles. The molecule has 0 saturated carbocycles. The van der Waals surface area contributed by atoms with Crippen LogP contribution in [0, 0.1) is 5.92 Å². The van der Waals surface area contributed by atoms with Gasteiger partial charge in [-0.15, -0.1) is 0 Å². The molecular formula is C19H26N2O3. The molecule has 1 aromatic carbocycles. The van der Waals surface area contributed by atoms with E-state index < -0.39 is 0 Å². The lowest BCUT2D eigenvalue weighted by molar-refractivity contribution is -0.136. The molecule has 2 heterocycles. The number of carbonyl (C=O) groups is 2. The minimum Gasteiger partial charge on any atom is -0.496 e. The van der Waals surface area contributed by atoms with Gasteiger partial charge in [0, 0.05) is 19.6 Å². The summed E-state index contributed by atoms with van der Waals surface area (Å²) >= 11 is 0. The maximum atomic E-state index is 13.0. The number of para-hydroxylation sites is 1. The third-order valence-electron chi connectivity index (χ3n) is 5.23. The number of nitrogens with zero attached hydrogens (tertiary/aromatic N) is 2. The number of rotatable bonds is 3. The Morgan fingerprint density at radius 1 is 1.08 bits per heavy atom. The topological polar surface area (TPSA) is 49.9 Å².